The van der Waals surface area contributed by atoms with Gasteiger partial charge in [0.1, 0.15) is 17.6 Å². The average Bonchev–Trinajstić information content (AvgIpc) is 2.59. The van der Waals surface area contributed by atoms with E-state index >= 15 is 0 Å². The molecular weight excluding hydrogens is 556 g/mol. The molecule has 6 heteroatoms. The number of nitrogens with two attached hydrogens (primary N) is 1. The van der Waals surface area contributed by atoms with Gasteiger partial charge in [-0.3, -0.25) is 4.79 Å². The Morgan fingerprint density at radius 3 is 1.58 bits per heavy atom. The molecule has 0 radical (unpaired) electrons. The molecule has 26 heavy (non-hydrogen) atoms. The maximum atomic E-state index is 10.9. The van der Waals surface area contributed by atoms with Gasteiger partial charge in [-0.15, -0.1) is 0 Å². The summed E-state index contributed by atoms with van der Waals surface area (Å²) in [5.74, 6) is 1.66. The molecule has 0 fully saturated rings. The third-order valence-electron chi connectivity index (χ3n) is 3.58. The standard InChI is InChI=1S/C10H14INO.C10H11IO2/c2*1-7(12)8(2)13-10-5-3-9(11)4-6-10/h3-8H,12H2,1-2H3;3-6,8H,1-2H3. The fourth-order valence-electron chi connectivity index (χ4n) is 1.64. The third kappa shape index (κ3) is 9.18. The van der Waals surface area contributed by atoms with Gasteiger partial charge < -0.3 is 15.2 Å². The summed E-state index contributed by atoms with van der Waals surface area (Å²) >= 11 is 4.48. The number of carbonyl (C=O) groups is 1. The van der Waals surface area contributed by atoms with Crippen molar-refractivity contribution in [3.8, 4) is 11.5 Å². The highest BCUT2D eigenvalue weighted by Crippen LogP contribution is 2.16. The molecule has 0 heterocycles. The summed E-state index contributed by atoms with van der Waals surface area (Å²) in [6.07, 6.45) is -0.305. The van der Waals surface area contributed by atoms with Crippen molar-refractivity contribution in [3.63, 3.8) is 0 Å². The van der Waals surface area contributed by atoms with E-state index in [-0.39, 0.29) is 24.0 Å². The summed E-state index contributed by atoms with van der Waals surface area (Å²) < 4.78 is 13.3. The van der Waals surface area contributed by atoms with E-state index in [0.29, 0.717) is 0 Å². The van der Waals surface area contributed by atoms with Gasteiger partial charge in [0.05, 0.1) is 0 Å². The van der Waals surface area contributed by atoms with E-state index in [2.05, 4.69) is 45.2 Å². The molecule has 3 atom stereocenters. The van der Waals surface area contributed by atoms with Crippen molar-refractivity contribution in [1.82, 2.24) is 0 Å². The van der Waals surface area contributed by atoms with Crippen LogP contribution in [0.5, 0.6) is 11.5 Å². The lowest BCUT2D eigenvalue weighted by Gasteiger charge is -2.17. The Bertz CT molecular complexity index is 672. The van der Waals surface area contributed by atoms with E-state index in [1.54, 1.807) is 6.92 Å². The monoisotopic (exact) mass is 581 g/mol. The minimum atomic E-state index is -0.361. The highest BCUT2D eigenvalue weighted by atomic mass is 127. The van der Waals surface area contributed by atoms with Crippen LogP contribution < -0.4 is 15.2 Å². The van der Waals surface area contributed by atoms with Gasteiger partial charge in [0.25, 0.3) is 0 Å². The minimum absolute atomic E-state index is 0.0403. The van der Waals surface area contributed by atoms with Crippen LogP contribution in [-0.4, -0.2) is 24.0 Å². The summed E-state index contributed by atoms with van der Waals surface area (Å²) in [4.78, 5) is 10.9. The summed E-state index contributed by atoms with van der Waals surface area (Å²) in [5, 5.41) is 0. The zero-order valence-electron chi connectivity index (χ0n) is 15.4. The Kier molecular flexibility index (Phi) is 10.5. The fraction of sp³-hybridized carbons (Fsp3) is 0.350. The molecule has 2 rings (SSSR count). The Morgan fingerprint density at radius 2 is 1.23 bits per heavy atom. The maximum Gasteiger partial charge on any atom is 0.169 e. The van der Waals surface area contributed by atoms with Crippen LogP contribution in [0.25, 0.3) is 0 Å². The molecule has 2 N–H and O–H groups in total. The van der Waals surface area contributed by atoms with Crippen LogP contribution in [0.3, 0.4) is 0 Å². The molecule has 0 saturated heterocycles. The Balaban J connectivity index is 0.000000260. The molecule has 0 bridgehead atoms. The largest absolute Gasteiger partial charge is 0.489 e. The highest BCUT2D eigenvalue weighted by molar-refractivity contribution is 14.1. The van der Waals surface area contributed by atoms with Crippen molar-refractivity contribution in [3.05, 3.63) is 55.7 Å². The van der Waals surface area contributed by atoms with Crippen LogP contribution in [-0.2, 0) is 4.79 Å². The van der Waals surface area contributed by atoms with Gasteiger partial charge >= 0.3 is 0 Å². The van der Waals surface area contributed by atoms with Crippen molar-refractivity contribution in [1.29, 1.82) is 0 Å². The molecule has 2 aromatic rings. The number of rotatable bonds is 6. The zero-order valence-corrected chi connectivity index (χ0v) is 19.7. The molecule has 0 amide bonds. The van der Waals surface area contributed by atoms with Crippen molar-refractivity contribution < 1.29 is 14.3 Å². The third-order valence-corrected chi connectivity index (χ3v) is 5.01. The summed E-state index contributed by atoms with van der Waals surface area (Å²) in [5.41, 5.74) is 5.69. The van der Waals surface area contributed by atoms with Gasteiger partial charge in [0.2, 0.25) is 0 Å². The number of ketones is 1. The van der Waals surface area contributed by atoms with E-state index in [1.165, 1.54) is 10.5 Å². The summed E-state index contributed by atoms with van der Waals surface area (Å²) in [7, 11) is 0. The second kappa shape index (κ2) is 11.8. The first kappa shape index (κ1) is 23.2. The average molecular weight is 581 g/mol. The van der Waals surface area contributed by atoms with Crippen LogP contribution in [0.15, 0.2) is 48.5 Å². The molecule has 2 aromatic carbocycles. The van der Waals surface area contributed by atoms with E-state index < -0.39 is 0 Å². The second-order valence-electron chi connectivity index (χ2n) is 5.96. The number of Topliss-reactive ketones (excluding diaryl/α,β-unsaturated/α-hetero) is 1. The molecule has 4 nitrogen and oxygen atoms in total. The van der Waals surface area contributed by atoms with Crippen LogP contribution in [0.1, 0.15) is 27.7 Å². The van der Waals surface area contributed by atoms with Crippen LogP contribution in [0.4, 0.5) is 0 Å². The Hall–Kier alpha value is -0.870. The van der Waals surface area contributed by atoms with Crippen LogP contribution in [0.2, 0.25) is 0 Å². The van der Waals surface area contributed by atoms with Crippen molar-refractivity contribution in [2.24, 2.45) is 5.73 Å². The van der Waals surface area contributed by atoms with Crippen molar-refractivity contribution >= 4 is 51.0 Å². The molecule has 0 aliphatic carbocycles. The molecular formula is C20H25I2NO3. The van der Waals surface area contributed by atoms with Crippen molar-refractivity contribution in [2.75, 3.05) is 0 Å². The first-order valence-electron chi connectivity index (χ1n) is 8.29. The van der Waals surface area contributed by atoms with Gasteiger partial charge in [-0.05, 0) is 121 Å². The Labute approximate surface area is 183 Å². The molecule has 0 saturated carbocycles. The molecule has 0 aliphatic rings. The zero-order chi connectivity index (χ0) is 19.7. The first-order valence-corrected chi connectivity index (χ1v) is 10.4. The summed E-state index contributed by atoms with van der Waals surface area (Å²) in [6.45, 7) is 7.19. The molecule has 0 aliphatic heterocycles. The van der Waals surface area contributed by atoms with Gasteiger partial charge in [0, 0.05) is 13.2 Å². The lowest BCUT2D eigenvalue weighted by molar-refractivity contribution is -0.122. The van der Waals surface area contributed by atoms with Crippen molar-refractivity contribution in [2.45, 2.75) is 45.9 Å². The fourth-order valence-corrected chi connectivity index (χ4v) is 2.35. The minimum Gasteiger partial charge on any atom is -0.489 e. The predicted molar refractivity (Wildman–Crippen MR) is 123 cm³/mol. The number of benzene rings is 2. The Morgan fingerprint density at radius 1 is 0.846 bits per heavy atom. The number of ether oxygens (including phenoxy) is 2. The lowest BCUT2D eigenvalue weighted by atomic mass is 10.2. The molecule has 0 aromatic heterocycles. The van der Waals surface area contributed by atoms with E-state index in [1.807, 2.05) is 62.4 Å². The normalized spacial score (nSPS) is 13.7. The highest BCUT2D eigenvalue weighted by Gasteiger charge is 2.09. The SMILES string of the molecule is CC(=O)C(C)Oc1ccc(I)cc1.CC(N)C(C)Oc1ccc(I)cc1. The predicted octanol–water partition coefficient (Wildman–Crippen LogP) is 5.05. The number of carbonyl (C=O) groups excluding carboxylic acids is 1. The second-order valence-corrected chi connectivity index (χ2v) is 8.45. The first-order chi connectivity index (χ1) is 12.2. The van der Waals surface area contributed by atoms with Gasteiger partial charge in [-0.1, -0.05) is 0 Å². The number of hydrogen-bond donors (Lipinski definition) is 1. The van der Waals surface area contributed by atoms with Crippen LogP contribution in [0, 0.1) is 7.14 Å². The number of hydrogen-bond acceptors (Lipinski definition) is 4. The van der Waals surface area contributed by atoms with Gasteiger partial charge in [-0.2, -0.15) is 0 Å². The molecule has 3 unspecified atom stereocenters. The van der Waals surface area contributed by atoms with Gasteiger partial charge in [0.15, 0.2) is 11.9 Å². The quantitative estimate of drug-likeness (QED) is 0.486. The molecule has 0 spiro atoms. The maximum absolute atomic E-state index is 10.9. The van der Waals surface area contributed by atoms with Crippen LogP contribution >= 0.6 is 45.2 Å². The molecule has 142 valence electrons. The van der Waals surface area contributed by atoms with E-state index in [9.17, 15) is 4.79 Å². The topological polar surface area (TPSA) is 61.5 Å². The number of halogens is 2. The van der Waals surface area contributed by atoms with E-state index in [4.69, 9.17) is 15.2 Å². The smallest absolute Gasteiger partial charge is 0.169 e. The van der Waals surface area contributed by atoms with E-state index in [0.717, 1.165) is 15.1 Å². The lowest BCUT2D eigenvalue weighted by Crippen LogP contribution is -2.33. The van der Waals surface area contributed by atoms with Gasteiger partial charge in [-0.25, -0.2) is 0 Å². The summed E-state index contributed by atoms with van der Waals surface area (Å²) in [6, 6.07) is 15.6.